The van der Waals surface area contributed by atoms with Gasteiger partial charge in [0.25, 0.3) is 0 Å². The van der Waals surface area contributed by atoms with Crippen molar-refractivity contribution in [2.45, 2.75) is 29.7 Å². The molecule has 2 aromatic rings. The molecule has 8 heteroatoms. The number of hydrogen-bond acceptors (Lipinski definition) is 5. The second kappa shape index (κ2) is 8.33. The maximum Gasteiger partial charge on any atom is 0.240 e. The summed E-state index contributed by atoms with van der Waals surface area (Å²) in [7, 11) is -2.12. The Hall–Kier alpha value is -2.03. The molecule has 1 heterocycles. The number of amides is 1. The van der Waals surface area contributed by atoms with Gasteiger partial charge in [0.05, 0.1) is 17.7 Å². The lowest BCUT2D eigenvalue weighted by Crippen LogP contribution is -2.30. The van der Waals surface area contributed by atoms with Gasteiger partial charge in [0, 0.05) is 24.9 Å². The molecule has 0 radical (unpaired) electrons. The van der Waals surface area contributed by atoms with Crippen molar-refractivity contribution in [1.29, 1.82) is 0 Å². The summed E-state index contributed by atoms with van der Waals surface area (Å²) in [5.41, 5.74) is 1.49. The molecule has 0 fully saturated rings. The van der Waals surface area contributed by atoms with Gasteiger partial charge in [0.2, 0.25) is 15.9 Å². The summed E-state index contributed by atoms with van der Waals surface area (Å²) in [6, 6.07) is 12.2. The molecular formula is C19H22N2O4S2. The van der Waals surface area contributed by atoms with Gasteiger partial charge in [0.15, 0.2) is 0 Å². The lowest BCUT2D eigenvalue weighted by molar-refractivity contribution is -0.116. The van der Waals surface area contributed by atoms with Crippen molar-refractivity contribution < 1.29 is 17.9 Å². The maximum absolute atomic E-state index is 12.7. The van der Waals surface area contributed by atoms with E-state index in [2.05, 4.69) is 4.72 Å². The van der Waals surface area contributed by atoms with Gasteiger partial charge < -0.3 is 9.64 Å². The van der Waals surface area contributed by atoms with E-state index in [1.165, 1.54) is 6.92 Å². The van der Waals surface area contributed by atoms with Crippen LogP contribution in [0.5, 0.6) is 5.75 Å². The molecular weight excluding hydrogens is 384 g/mol. The highest BCUT2D eigenvalue weighted by atomic mass is 32.2. The number of hydrogen-bond donors (Lipinski definition) is 1. The number of carbonyl (C=O) groups excluding carboxylic acids is 1. The van der Waals surface area contributed by atoms with Crippen LogP contribution in [0.25, 0.3) is 0 Å². The summed E-state index contributed by atoms with van der Waals surface area (Å²) in [6.45, 7) is 2.27. The zero-order valence-corrected chi connectivity index (χ0v) is 16.9. The summed E-state index contributed by atoms with van der Waals surface area (Å²) in [6.07, 6.45) is 0.872. The SMILES string of the molecule is COc1ccc(CNS(=O)(=O)c2ccc3c(c2)N(C(C)=O)CCCS3)cc1. The van der Waals surface area contributed by atoms with Gasteiger partial charge in [-0.3, -0.25) is 4.79 Å². The van der Waals surface area contributed by atoms with Crippen LogP contribution in [0, 0.1) is 0 Å². The number of fused-ring (bicyclic) bond motifs is 1. The van der Waals surface area contributed by atoms with E-state index in [9.17, 15) is 13.2 Å². The van der Waals surface area contributed by atoms with E-state index >= 15 is 0 Å². The maximum atomic E-state index is 12.7. The summed E-state index contributed by atoms with van der Waals surface area (Å²) < 4.78 is 33.2. The number of nitrogens with one attached hydrogen (secondary N) is 1. The first kappa shape index (κ1) is 19.7. The van der Waals surface area contributed by atoms with E-state index in [1.54, 1.807) is 54.1 Å². The van der Waals surface area contributed by atoms with E-state index in [4.69, 9.17) is 4.74 Å². The number of anilines is 1. The monoisotopic (exact) mass is 406 g/mol. The van der Waals surface area contributed by atoms with Gasteiger partial charge in [0.1, 0.15) is 5.75 Å². The predicted octanol–water partition coefficient (Wildman–Crippen LogP) is 3.02. The largest absolute Gasteiger partial charge is 0.497 e. The summed E-state index contributed by atoms with van der Waals surface area (Å²) in [4.78, 5) is 14.7. The quantitative estimate of drug-likeness (QED) is 0.826. The standard InChI is InChI=1S/C19H22N2O4S2/c1-14(22)21-10-3-11-26-19-9-8-17(12-18(19)21)27(23,24)20-13-15-4-6-16(25-2)7-5-15/h4-9,12,20H,3,10-11,13H2,1-2H3. The number of nitrogens with zero attached hydrogens (tertiary/aromatic N) is 1. The van der Waals surface area contributed by atoms with Crippen LogP contribution >= 0.6 is 11.8 Å². The van der Waals surface area contributed by atoms with Gasteiger partial charge in [-0.2, -0.15) is 0 Å². The molecule has 0 saturated carbocycles. The van der Waals surface area contributed by atoms with E-state index < -0.39 is 10.0 Å². The van der Waals surface area contributed by atoms with Crippen molar-refractivity contribution in [3.63, 3.8) is 0 Å². The zero-order chi connectivity index (χ0) is 19.4. The van der Waals surface area contributed by atoms with Gasteiger partial charge in [-0.05, 0) is 48.1 Å². The topological polar surface area (TPSA) is 75.7 Å². The minimum atomic E-state index is -3.70. The van der Waals surface area contributed by atoms with E-state index in [1.807, 2.05) is 12.1 Å². The smallest absolute Gasteiger partial charge is 0.240 e. The molecule has 144 valence electrons. The first-order valence-electron chi connectivity index (χ1n) is 8.58. The van der Waals surface area contributed by atoms with Crippen LogP contribution < -0.4 is 14.4 Å². The van der Waals surface area contributed by atoms with Crippen molar-refractivity contribution in [3.05, 3.63) is 48.0 Å². The third-order valence-electron chi connectivity index (χ3n) is 4.32. The third kappa shape index (κ3) is 4.63. The van der Waals surface area contributed by atoms with Crippen molar-refractivity contribution in [2.75, 3.05) is 24.3 Å². The average molecular weight is 407 g/mol. The molecule has 0 aromatic heterocycles. The van der Waals surface area contributed by atoms with Crippen molar-refractivity contribution in [1.82, 2.24) is 4.72 Å². The van der Waals surface area contributed by atoms with E-state index in [0.29, 0.717) is 18.0 Å². The fourth-order valence-corrected chi connectivity index (χ4v) is 4.87. The lowest BCUT2D eigenvalue weighted by Gasteiger charge is -2.21. The van der Waals surface area contributed by atoms with Crippen molar-refractivity contribution in [2.24, 2.45) is 0 Å². The van der Waals surface area contributed by atoms with Crippen LogP contribution in [0.2, 0.25) is 0 Å². The number of rotatable bonds is 5. The van der Waals surface area contributed by atoms with Crippen molar-refractivity contribution >= 4 is 33.4 Å². The zero-order valence-electron chi connectivity index (χ0n) is 15.3. The Morgan fingerprint density at radius 3 is 2.63 bits per heavy atom. The molecule has 0 spiro atoms. The predicted molar refractivity (Wildman–Crippen MR) is 107 cm³/mol. The summed E-state index contributed by atoms with van der Waals surface area (Å²) in [5, 5.41) is 0. The molecule has 0 aliphatic carbocycles. The van der Waals surface area contributed by atoms with E-state index in [-0.39, 0.29) is 17.3 Å². The molecule has 0 unspecified atom stereocenters. The second-order valence-corrected chi connectivity index (χ2v) is 9.08. The fraction of sp³-hybridized carbons (Fsp3) is 0.316. The van der Waals surface area contributed by atoms with Gasteiger partial charge >= 0.3 is 0 Å². The summed E-state index contributed by atoms with van der Waals surface area (Å²) >= 11 is 1.64. The first-order chi connectivity index (χ1) is 12.9. The fourth-order valence-electron chi connectivity index (χ4n) is 2.85. The molecule has 1 aliphatic rings. The third-order valence-corrected chi connectivity index (χ3v) is 6.87. The van der Waals surface area contributed by atoms with Crippen molar-refractivity contribution in [3.8, 4) is 5.75 Å². The van der Waals surface area contributed by atoms with Gasteiger partial charge in [-0.25, -0.2) is 13.1 Å². The normalized spacial score (nSPS) is 14.4. The Morgan fingerprint density at radius 2 is 1.96 bits per heavy atom. The summed E-state index contributed by atoms with van der Waals surface area (Å²) in [5.74, 6) is 1.53. The molecule has 0 bridgehead atoms. The van der Waals surface area contributed by atoms with Gasteiger partial charge in [-0.1, -0.05) is 12.1 Å². The molecule has 1 aliphatic heterocycles. The number of carbonyl (C=O) groups is 1. The van der Waals surface area contributed by atoms with Gasteiger partial charge in [-0.15, -0.1) is 11.8 Å². The first-order valence-corrected chi connectivity index (χ1v) is 11.0. The Kier molecular flexibility index (Phi) is 6.08. The average Bonchev–Trinajstić information content (AvgIpc) is 2.88. The molecule has 27 heavy (non-hydrogen) atoms. The van der Waals surface area contributed by atoms with Crippen LogP contribution in [-0.2, 0) is 21.4 Å². The molecule has 0 saturated heterocycles. The van der Waals surface area contributed by atoms with E-state index in [0.717, 1.165) is 22.6 Å². The molecule has 1 amide bonds. The van der Waals surface area contributed by atoms with Crippen LogP contribution in [0.1, 0.15) is 18.9 Å². The Bertz CT molecular complexity index is 927. The highest BCUT2D eigenvalue weighted by Crippen LogP contribution is 2.35. The minimum absolute atomic E-state index is 0.0838. The molecule has 0 atom stereocenters. The Labute approximate surface area is 164 Å². The lowest BCUT2D eigenvalue weighted by atomic mass is 10.2. The number of methoxy groups -OCH3 is 1. The Morgan fingerprint density at radius 1 is 1.22 bits per heavy atom. The number of ether oxygens (including phenoxy) is 1. The van der Waals surface area contributed by atoms with Crippen LogP contribution in [0.15, 0.2) is 52.3 Å². The molecule has 1 N–H and O–H groups in total. The molecule has 6 nitrogen and oxygen atoms in total. The highest BCUT2D eigenvalue weighted by molar-refractivity contribution is 7.99. The number of benzene rings is 2. The highest BCUT2D eigenvalue weighted by Gasteiger charge is 2.22. The molecule has 3 rings (SSSR count). The second-order valence-electron chi connectivity index (χ2n) is 6.17. The number of sulfonamides is 1. The number of thioether (sulfide) groups is 1. The van der Waals surface area contributed by atoms with Crippen LogP contribution in [-0.4, -0.2) is 33.7 Å². The Balaban J connectivity index is 1.82. The molecule has 2 aromatic carbocycles. The van der Waals surface area contributed by atoms with Crippen LogP contribution in [0.4, 0.5) is 5.69 Å². The van der Waals surface area contributed by atoms with Crippen LogP contribution in [0.3, 0.4) is 0 Å². The minimum Gasteiger partial charge on any atom is -0.497 e.